The summed E-state index contributed by atoms with van der Waals surface area (Å²) >= 11 is 0. The van der Waals surface area contributed by atoms with Gasteiger partial charge in [-0.15, -0.1) is 0 Å². The van der Waals surface area contributed by atoms with Crippen molar-refractivity contribution in [1.29, 1.82) is 0 Å². The lowest BCUT2D eigenvalue weighted by atomic mass is 10.0. The third kappa shape index (κ3) is 5.97. The number of aliphatic carboxylic acids is 1. The van der Waals surface area contributed by atoms with Gasteiger partial charge in [0.15, 0.2) is 0 Å². The largest absolute Gasteiger partial charge is 0.481 e. The Morgan fingerprint density at radius 3 is 2.43 bits per heavy atom. The quantitative estimate of drug-likeness (QED) is 0.592. The predicted octanol–water partition coefficient (Wildman–Crippen LogP) is 2.27. The normalized spacial score (nSPS) is 15.1. The maximum Gasteiger partial charge on any atom is 0.307 e. The van der Waals surface area contributed by atoms with Gasteiger partial charge in [0, 0.05) is 6.04 Å². The fourth-order valence-corrected chi connectivity index (χ4v) is 1.27. The Balaban J connectivity index is 3.43. The molecular weight excluding hydrogens is 178 g/mol. The van der Waals surface area contributed by atoms with Crippen LogP contribution in [-0.2, 0) is 4.79 Å². The van der Waals surface area contributed by atoms with Gasteiger partial charge >= 0.3 is 5.97 Å². The smallest absolute Gasteiger partial charge is 0.307 e. The summed E-state index contributed by atoms with van der Waals surface area (Å²) in [6, 6.07) is 0.0640. The second-order valence-electron chi connectivity index (χ2n) is 3.93. The summed E-state index contributed by atoms with van der Waals surface area (Å²) in [5, 5.41) is 12.0. The molecule has 0 heterocycles. The van der Waals surface area contributed by atoms with E-state index in [2.05, 4.69) is 12.2 Å². The molecular formula is C11H23NO2. The SMILES string of the molecule is CCCCCCNC(C)C(C)C(=O)O. The monoisotopic (exact) mass is 201 g/mol. The number of hydrogen-bond donors (Lipinski definition) is 2. The van der Waals surface area contributed by atoms with Crippen LogP contribution in [0.2, 0.25) is 0 Å². The van der Waals surface area contributed by atoms with Gasteiger partial charge in [-0.3, -0.25) is 4.79 Å². The minimum absolute atomic E-state index is 0.0640. The van der Waals surface area contributed by atoms with E-state index < -0.39 is 5.97 Å². The lowest BCUT2D eigenvalue weighted by molar-refractivity contribution is -0.141. The molecule has 0 saturated carbocycles. The Labute approximate surface area is 86.9 Å². The average Bonchev–Trinajstić information content (AvgIpc) is 2.16. The van der Waals surface area contributed by atoms with E-state index in [1.165, 1.54) is 19.3 Å². The number of nitrogens with one attached hydrogen (secondary N) is 1. The van der Waals surface area contributed by atoms with Crippen molar-refractivity contribution in [1.82, 2.24) is 5.32 Å². The molecule has 0 spiro atoms. The summed E-state index contributed by atoms with van der Waals surface area (Å²) in [7, 11) is 0. The van der Waals surface area contributed by atoms with E-state index in [0.29, 0.717) is 0 Å². The summed E-state index contributed by atoms with van der Waals surface area (Å²) in [5.74, 6) is -1.03. The second kappa shape index (κ2) is 7.80. The van der Waals surface area contributed by atoms with Crippen LogP contribution in [0.25, 0.3) is 0 Å². The minimum Gasteiger partial charge on any atom is -0.481 e. The number of hydrogen-bond acceptors (Lipinski definition) is 2. The van der Waals surface area contributed by atoms with Gasteiger partial charge in [0.05, 0.1) is 5.92 Å². The van der Waals surface area contributed by atoms with Gasteiger partial charge in [-0.05, 0) is 19.9 Å². The van der Waals surface area contributed by atoms with E-state index >= 15 is 0 Å². The van der Waals surface area contributed by atoms with Crippen molar-refractivity contribution in [2.45, 2.75) is 52.5 Å². The first-order chi connectivity index (χ1) is 6.59. The van der Waals surface area contributed by atoms with Crippen molar-refractivity contribution in [2.75, 3.05) is 6.54 Å². The molecule has 0 saturated heterocycles. The highest BCUT2D eigenvalue weighted by atomic mass is 16.4. The predicted molar refractivity (Wildman–Crippen MR) is 58.4 cm³/mol. The van der Waals surface area contributed by atoms with Crippen molar-refractivity contribution in [3.05, 3.63) is 0 Å². The van der Waals surface area contributed by atoms with Gasteiger partial charge in [-0.25, -0.2) is 0 Å². The molecule has 3 nitrogen and oxygen atoms in total. The Morgan fingerprint density at radius 1 is 1.29 bits per heavy atom. The van der Waals surface area contributed by atoms with Crippen LogP contribution in [0.5, 0.6) is 0 Å². The van der Waals surface area contributed by atoms with Crippen molar-refractivity contribution in [3.8, 4) is 0 Å². The molecule has 0 radical (unpaired) electrons. The maximum atomic E-state index is 10.6. The molecule has 0 amide bonds. The van der Waals surface area contributed by atoms with Crippen LogP contribution in [0.3, 0.4) is 0 Å². The third-order valence-electron chi connectivity index (χ3n) is 2.64. The summed E-state index contributed by atoms with van der Waals surface area (Å²) in [6.07, 6.45) is 4.88. The number of carboxylic acid groups (broad SMARTS) is 1. The second-order valence-corrected chi connectivity index (χ2v) is 3.93. The molecule has 0 aliphatic heterocycles. The Hall–Kier alpha value is -0.570. The summed E-state index contributed by atoms with van der Waals surface area (Å²) < 4.78 is 0. The van der Waals surface area contributed by atoms with E-state index in [4.69, 9.17) is 5.11 Å². The zero-order valence-corrected chi connectivity index (χ0v) is 9.55. The van der Waals surface area contributed by atoms with Gasteiger partial charge in [0.25, 0.3) is 0 Å². The highest BCUT2D eigenvalue weighted by molar-refractivity contribution is 5.70. The summed E-state index contributed by atoms with van der Waals surface area (Å²) in [4.78, 5) is 10.6. The van der Waals surface area contributed by atoms with Crippen molar-refractivity contribution in [3.63, 3.8) is 0 Å². The van der Waals surface area contributed by atoms with E-state index in [0.717, 1.165) is 13.0 Å². The third-order valence-corrected chi connectivity index (χ3v) is 2.64. The highest BCUT2D eigenvalue weighted by Crippen LogP contribution is 2.03. The number of rotatable bonds is 8. The van der Waals surface area contributed by atoms with Gasteiger partial charge in [0.1, 0.15) is 0 Å². The molecule has 0 aromatic rings. The Morgan fingerprint density at radius 2 is 1.93 bits per heavy atom. The van der Waals surface area contributed by atoms with Crippen LogP contribution >= 0.6 is 0 Å². The number of carbonyl (C=O) groups is 1. The van der Waals surface area contributed by atoms with Gasteiger partial charge < -0.3 is 10.4 Å². The van der Waals surface area contributed by atoms with Crippen LogP contribution in [-0.4, -0.2) is 23.7 Å². The van der Waals surface area contributed by atoms with E-state index in [9.17, 15) is 4.79 Å². The molecule has 0 rings (SSSR count). The maximum absolute atomic E-state index is 10.6. The van der Waals surface area contributed by atoms with E-state index in [-0.39, 0.29) is 12.0 Å². The fourth-order valence-electron chi connectivity index (χ4n) is 1.27. The Bertz CT molecular complexity index is 159. The zero-order chi connectivity index (χ0) is 11.0. The van der Waals surface area contributed by atoms with Crippen LogP contribution in [0.4, 0.5) is 0 Å². The van der Waals surface area contributed by atoms with Crippen LogP contribution < -0.4 is 5.32 Å². The van der Waals surface area contributed by atoms with Gasteiger partial charge in [-0.1, -0.05) is 33.1 Å². The fraction of sp³-hybridized carbons (Fsp3) is 0.909. The highest BCUT2D eigenvalue weighted by Gasteiger charge is 2.17. The van der Waals surface area contributed by atoms with E-state index in [1.807, 2.05) is 6.92 Å². The molecule has 2 N–H and O–H groups in total. The van der Waals surface area contributed by atoms with Crippen LogP contribution in [0.1, 0.15) is 46.5 Å². The summed E-state index contributed by atoms with van der Waals surface area (Å²) in [6.45, 7) is 6.78. The molecule has 2 atom stereocenters. The van der Waals surface area contributed by atoms with Crippen molar-refractivity contribution < 1.29 is 9.90 Å². The van der Waals surface area contributed by atoms with Gasteiger partial charge in [-0.2, -0.15) is 0 Å². The van der Waals surface area contributed by atoms with Crippen molar-refractivity contribution in [2.24, 2.45) is 5.92 Å². The van der Waals surface area contributed by atoms with Crippen LogP contribution in [0.15, 0.2) is 0 Å². The molecule has 14 heavy (non-hydrogen) atoms. The topological polar surface area (TPSA) is 49.3 Å². The van der Waals surface area contributed by atoms with Crippen molar-refractivity contribution >= 4 is 5.97 Å². The molecule has 2 unspecified atom stereocenters. The number of unbranched alkanes of at least 4 members (excludes halogenated alkanes) is 3. The molecule has 0 aromatic carbocycles. The first-order valence-corrected chi connectivity index (χ1v) is 5.55. The Kier molecular flexibility index (Phi) is 7.48. The lowest BCUT2D eigenvalue weighted by Gasteiger charge is -2.17. The molecule has 0 aromatic heterocycles. The molecule has 84 valence electrons. The van der Waals surface area contributed by atoms with Gasteiger partial charge in [0.2, 0.25) is 0 Å². The first-order valence-electron chi connectivity index (χ1n) is 5.55. The average molecular weight is 201 g/mol. The lowest BCUT2D eigenvalue weighted by Crippen LogP contribution is -2.36. The molecule has 3 heteroatoms. The van der Waals surface area contributed by atoms with E-state index in [1.54, 1.807) is 6.92 Å². The molecule has 0 aliphatic carbocycles. The molecule has 0 aliphatic rings. The zero-order valence-electron chi connectivity index (χ0n) is 9.55. The molecule has 0 bridgehead atoms. The number of carboxylic acids is 1. The standard InChI is InChI=1S/C11H23NO2/c1-4-5-6-7-8-12-10(3)9(2)11(13)14/h9-10,12H,4-8H2,1-3H3,(H,13,14). The van der Waals surface area contributed by atoms with Crippen LogP contribution in [0, 0.1) is 5.92 Å². The molecule has 0 fully saturated rings. The minimum atomic E-state index is -0.724. The first kappa shape index (κ1) is 13.4. The summed E-state index contributed by atoms with van der Waals surface area (Å²) in [5.41, 5.74) is 0.